The summed E-state index contributed by atoms with van der Waals surface area (Å²) < 4.78 is 0. The van der Waals surface area contributed by atoms with Crippen molar-refractivity contribution < 1.29 is 0 Å². The summed E-state index contributed by atoms with van der Waals surface area (Å²) in [5.41, 5.74) is 7.17. The molecule has 0 bridgehead atoms. The predicted octanol–water partition coefficient (Wildman–Crippen LogP) is 2.39. The molecule has 1 aromatic rings. The Bertz CT molecular complexity index is 304. The van der Waals surface area contributed by atoms with Gasteiger partial charge in [0.05, 0.1) is 10.7 Å². The summed E-state index contributed by atoms with van der Waals surface area (Å²) in [6, 6.07) is 0.100. The molecule has 1 rings (SSSR count). The topological polar surface area (TPSA) is 42.2 Å². The Morgan fingerprint density at radius 2 is 1.94 bits per heavy atom. The number of aromatic nitrogens is 1. The first-order valence-electron chi connectivity index (χ1n) is 5.81. The lowest BCUT2D eigenvalue weighted by molar-refractivity contribution is 0.413. The lowest BCUT2D eigenvalue weighted by Crippen LogP contribution is -2.14. The first-order valence-corrected chi connectivity index (χ1v) is 6.63. The van der Waals surface area contributed by atoms with Crippen LogP contribution in [-0.4, -0.2) is 30.5 Å². The van der Waals surface area contributed by atoms with E-state index in [0.717, 1.165) is 13.0 Å². The Kier molecular flexibility index (Phi) is 4.89. The molecular weight excluding hydrogens is 218 g/mol. The molecule has 0 aliphatic carbocycles. The molecule has 0 fully saturated rings. The molecule has 0 spiro atoms. The maximum atomic E-state index is 5.98. The Hall–Kier alpha value is -0.450. The van der Waals surface area contributed by atoms with Crippen LogP contribution in [0.15, 0.2) is 0 Å². The predicted molar refractivity (Wildman–Crippen MR) is 71.1 cm³/mol. The second-order valence-electron chi connectivity index (χ2n) is 4.85. The standard InChI is InChI=1S/C12H23N3S/c1-8(2)11-12(9(3)13)16-10(14-11)6-7-15(4)5/h8-9H,6-7,13H2,1-5H3. The Balaban J connectivity index is 2.84. The fourth-order valence-electron chi connectivity index (χ4n) is 1.56. The number of hydrogen-bond acceptors (Lipinski definition) is 4. The van der Waals surface area contributed by atoms with E-state index >= 15 is 0 Å². The highest BCUT2D eigenvalue weighted by Crippen LogP contribution is 2.29. The van der Waals surface area contributed by atoms with Crippen LogP contribution in [0, 0.1) is 0 Å². The highest BCUT2D eigenvalue weighted by molar-refractivity contribution is 7.11. The minimum absolute atomic E-state index is 0.100. The van der Waals surface area contributed by atoms with Gasteiger partial charge in [-0.25, -0.2) is 4.98 Å². The monoisotopic (exact) mass is 241 g/mol. The van der Waals surface area contributed by atoms with Gasteiger partial charge < -0.3 is 10.6 Å². The van der Waals surface area contributed by atoms with Gasteiger partial charge in [0, 0.05) is 23.9 Å². The van der Waals surface area contributed by atoms with Gasteiger partial charge in [-0.15, -0.1) is 11.3 Å². The fraction of sp³-hybridized carbons (Fsp3) is 0.750. The minimum Gasteiger partial charge on any atom is -0.323 e. The normalized spacial score (nSPS) is 13.8. The van der Waals surface area contributed by atoms with Crippen molar-refractivity contribution in [2.75, 3.05) is 20.6 Å². The SMILES string of the molecule is CC(C)c1nc(CCN(C)C)sc1C(C)N. The van der Waals surface area contributed by atoms with Crippen LogP contribution in [-0.2, 0) is 6.42 Å². The molecule has 1 unspecified atom stereocenters. The molecule has 0 saturated heterocycles. The van der Waals surface area contributed by atoms with Gasteiger partial charge in [-0.05, 0) is 26.9 Å². The van der Waals surface area contributed by atoms with Gasteiger partial charge >= 0.3 is 0 Å². The summed E-state index contributed by atoms with van der Waals surface area (Å²) in [5.74, 6) is 0.463. The van der Waals surface area contributed by atoms with Crippen LogP contribution in [0.5, 0.6) is 0 Å². The van der Waals surface area contributed by atoms with E-state index in [4.69, 9.17) is 10.7 Å². The summed E-state index contributed by atoms with van der Waals surface area (Å²) in [6.07, 6.45) is 1.02. The summed E-state index contributed by atoms with van der Waals surface area (Å²) in [7, 11) is 4.17. The number of likely N-dealkylation sites (N-methyl/N-ethyl adjacent to an activating group) is 1. The van der Waals surface area contributed by atoms with Crippen LogP contribution in [0.4, 0.5) is 0 Å². The molecule has 0 amide bonds. The zero-order chi connectivity index (χ0) is 12.3. The molecule has 3 nitrogen and oxygen atoms in total. The van der Waals surface area contributed by atoms with Crippen molar-refractivity contribution >= 4 is 11.3 Å². The van der Waals surface area contributed by atoms with Crippen LogP contribution >= 0.6 is 11.3 Å². The van der Waals surface area contributed by atoms with E-state index < -0.39 is 0 Å². The van der Waals surface area contributed by atoms with Gasteiger partial charge in [-0.2, -0.15) is 0 Å². The van der Waals surface area contributed by atoms with Crippen molar-refractivity contribution in [2.45, 2.75) is 39.2 Å². The average molecular weight is 241 g/mol. The second kappa shape index (κ2) is 5.75. The van der Waals surface area contributed by atoms with Gasteiger partial charge in [0.1, 0.15) is 0 Å². The molecular formula is C12H23N3S. The van der Waals surface area contributed by atoms with E-state index in [9.17, 15) is 0 Å². The molecule has 0 saturated carbocycles. The van der Waals surface area contributed by atoms with Gasteiger partial charge in [-0.1, -0.05) is 13.8 Å². The smallest absolute Gasteiger partial charge is 0.0944 e. The zero-order valence-electron chi connectivity index (χ0n) is 10.9. The number of thiazole rings is 1. The molecule has 1 atom stereocenters. The van der Waals surface area contributed by atoms with Crippen LogP contribution < -0.4 is 5.73 Å². The van der Waals surface area contributed by atoms with Crippen molar-refractivity contribution in [2.24, 2.45) is 5.73 Å². The number of nitrogens with zero attached hydrogens (tertiary/aromatic N) is 2. The average Bonchev–Trinajstić information content (AvgIpc) is 2.58. The van der Waals surface area contributed by atoms with Gasteiger partial charge in [0.15, 0.2) is 0 Å². The molecule has 0 aliphatic rings. The van der Waals surface area contributed by atoms with E-state index in [0.29, 0.717) is 5.92 Å². The summed E-state index contributed by atoms with van der Waals surface area (Å²) in [5, 5.41) is 1.21. The van der Waals surface area contributed by atoms with Crippen molar-refractivity contribution in [3.63, 3.8) is 0 Å². The van der Waals surface area contributed by atoms with E-state index in [1.807, 2.05) is 6.92 Å². The third-order valence-electron chi connectivity index (χ3n) is 2.46. The first kappa shape index (κ1) is 13.6. The van der Waals surface area contributed by atoms with Crippen molar-refractivity contribution in [3.05, 3.63) is 15.6 Å². The van der Waals surface area contributed by atoms with E-state index in [1.165, 1.54) is 15.6 Å². The summed E-state index contributed by atoms with van der Waals surface area (Å²) in [6.45, 7) is 7.44. The van der Waals surface area contributed by atoms with Crippen molar-refractivity contribution in [1.29, 1.82) is 0 Å². The summed E-state index contributed by atoms with van der Waals surface area (Å²) >= 11 is 1.78. The van der Waals surface area contributed by atoms with Crippen LogP contribution in [0.3, 0.4) is 0 Å². The lowest BCUT2D eigenvalue weighted by Gasteiger charge is -2.07. The van der Waals surface area contributed by atoms with Gasteiger partial charge in [0.2, 0.25) is 0 Å². The largest absolute Gasteiger partial charge is 0.323 e. The first-order chi connectivity index (χ1) is 7.41. The van der Waals surface area contributed by atoms with Gasteiger partial charge in [0.25, 0.3) is 0 Å². The minimum atomic E-state index is 0.100. The fourth-order valence-corrected chi connectivity index (χ4v) is 2.72. The van der Waals surface area contributed by atoms with E-state index in [1.54, 1.807) is 11.3 Å². The maximum absolute atomic E-state index is 5.98. The molecule has 4 heteroatoms. The highest BCUT2D eigenvalue weighted by Gasteiger charge is 2.16. The summed E-state index contributed by atoms with van der Waals surface area (Å²) in [4.78, 5) is 8.15. The Morgan fingerprint density at radius 1 is 1.31 bits per heavy atom. The highest BCUT2D eigenvalue weighted by atomic mass is 32.1. The number of hydrogen-bond donors (Lipinski definition) is 1. The lowest BCUT2D eigenvalue weighted by atomic mass is 10.1. The Morgan fingerprint density at radius 3 is 2.31 bits per heavy atom. The van der Waals surface area contributed by atoms with E-state index in [-0.39, 0.29) is 6.04 Å². The molecule has 92 valence electrons. The maximum Gasteiger partial charge on any atom is 0.0944 e. The third-order valence-corrected chi connectivity index (χ3v) is 3.79. The van der Waals surface area contributed by atoms with E-state index in [2.05, 4.69) is 32.8 Å². The number of nitrogens with two attached hydrogens (primary N) is 1. The van der Waals surface area contributed by atoms with Crippen LogP contribution in [0.2, 0.25) is 0 Å². The van der Waals surface area contributed by atoms with Crippen molar-refractivity contribution in [3.8, 4) is 0 Å². The Labute approximate surface area is 103 Å². The number of rotatable bonds is 5. The quantitative estimate of drug-likeness (QED) is 0.860. The molecule has 1 heterocycles. The zero-order valence-corrected chi connectivity index (χ0v) is 11.8. The third kappa shape index (κ3) is 3.54. The molecule has 0 aromatic carbocycles. The van der Waals surface area contributed by atoms with Gasteiger partial charge in [-0.3, -0.25) is 0 Å². The van der Waals surface area contributed by atoms with Crippen LogP contribution in [0.1, 0.15) is 48.3 Å². The molecule has 2 N–H and O–H groups in total. The molecule has 16 heavy (non-hydrogen) atoms. The van der Waals surface area contributed by atoms with Crippen LogP contribution in [0.25, 0.3) is 0 Å². The molecule has 0 radical (unpaired) electrons. The second-order valence-corrected chi connectivity index (χ2v) is 5.97. The molecule has 1 aromatic heterocycles. The van der Waals surface area contributed by atoms with Crippen molar-refractivity contribution in [1.82, 2.24) is 9.88 Å². The molecule has 0 aliphatic heterocycles.